The first-order valence-corrected chi connectivity index (χ1v) is 5.27. The van der Waals surface area contributed by atoms with E-state index in [0.29, 0.717) is 17.2 Å². The summed E-state index contributed by atoms with van der Waals surface area (Å²) in [6.45, 7) is 0. The third kappa shape index (κ3) is 1.01. The number of fused-ring (bicyclic) bond motifs is 1. The highest BCUT2D eigenvalue weighted by atomic mass is 16.3. The van der Waals surface area contributed by atoms with Gasteiger partial charge < -0.3 is 10.8 Å². The first-order valence-electron chi connectivity index (χ1n) is 5.27. The van der Waals surface area contributed by atoms with Gasteiger partial charge in [0.25, 0.3) is 0 Å². The summed E-state index contributed by atoms with van der Waals surface area (Å²) in [6.07, 6.45) is 4.40. The summed E-state index contributed by atoms with van der Waals surface area (Å²) in [5, 5.41) is 9.76. The maximum absolute atomic E-state index is 9.76. The van der Waals surface area contributed by atoms with Gasteiger partial charge in [-0.3, -0.25) is 0 Å². The Bertz CT molecular complexity index is 388. The zero-order chi connectivity index (χ0) is 9.76. The molecule has 2 heteroatoms. The molecule has 0 aliphatic heterocycles. The Morgan fingerprint density at radius 2 is 2.21 bits per heavy atom. The van der Waals surface area contributed by atoms with Crippen molar-refractivity contribution in [3.05, 3.63) is 29.3 Å². The fourth-order valence-corrected chi connectivity index (χ4v) is 2.75. The first-order chi connectivity index (χ1) is 6.71. The first kappa shape index (κ1) is 8.30. The summed E-state index contributed by atoms with van der Waals surface area (Å²) < 4.78 is 0. The van der Waals surface area contributed by atoms with Crippen molar-refractivity contribution in [2.75, 3.05) is 0 Å². The lowest BCUT2D eigenvalue weighted by Gasteiger charge is -2.25. The van der Waals surface area contributed by atoms with Gasteiger partial charge in [-0.1, -0.05) is 12.1 Å². The maximum atomic E-state index is 9.76. The predicted octanol–water partition coefficient (Wildman–Crippen LogP) is 1.60. The molecule has 14 heavy (non-hydrogen) atoms. The number of nitrogens with two attached hydrogens (primary N) is 1. The van der Waals surface area contributed by atoms with Gasteiger partial charge in [-0.2, -0.15) is 0 Å². The molecule has 2 nitrogen and oxygen atoms in total. The Morgan fingerprint density at radius 1 is 1.43 bits per heavy atom. The molecule has 2 aliphatic carbocycles. The van der Waals surface area contributed by atoms with Crippen LogP contribution in [0.2, 0.25) is 0 Å². The second kappa shape index (κ2) is 2.51. The molecule has 2 atom stereocenters. The van der Waals surface area contributed by atoms with E-state index in [4.69, 9.17) is 5.73 Å². The molecular formula is C12H15NO. The third-order valence-corrected chi connectivity index (χ3v) is 3.92. The van der Waals surface area contributed by atoms with Gasteiger partial charge in [0, 0.05) is 6.04 Å². The molecule has 1 spiro atoms. The Morgan fingerprint density at radius 3 is 2.93 bits per heavy atom. The lowest BCUT2D eigenvalue weighted by Crippen LogP contribution is -2.22. The van der Waals surface area contributed by atoms with Crippen LogP contribution < -0.4 is 5.73 Å². The Kier molecular flexibility index (Phi) is 1.49. The van der Waals surface area contributed by atoms with Crippen molar-refractivity contribution in [3.63, 3.8) is 0 Å². The molecule has 0 bridgehead atoms. The van der Waals surface area contributed by atoms with Crippen molar-refractivity contribution < 1.29 is 5.11 Å². The van der Waals surface area contributed by atoms with Crippen LogP contribution in [0.25, 0.3) is 0 Å². The molecule has 2 unspecified atom stereocenters. The summed E-state index contributed by atoms with van der Waals surface area (Å²) in [6, 6.07) is 6.20. The molecule has 1 saturated carbocycles. The number of hydrogen-bond donors (Lipinski definition) is 2. The van der Waals surface area contributed by atoms with Crippen molar-refractivity contribution in [2.45, 2.75) is 31.7 Å². The molecule has 1 fully saturated rings. The highest BCUT2D eigenvalue weighted by Gasteiger charge is 2.53. The normalized spacial score (nSPS) is 34.2. The van der Waals surface area contributed by atoms with Crippen LogP contribution >= 0.6 is 0 Å². The van der Waals surface area contributed by atoms with E-state index in [9.17, 15) is 5.11 Å². The minimum atomic E-state index is 0.339. The van der Waals surface area contributed by atoms with E-state index in [1.54, 1.807) is 6.07 Å². The highest BCUT2D eigenvalue weighted by molar-refractivity contribution is 5.43. The van der Waals surface area contributed by atoms with E-state index in [2.05, 4.69) is 6.07 Å². The molecule has 1 aromatic carbocycles. The Hall–Kier alpha value is -1.02. The predicted molar refractivity (Wildman–Crippen MR) is 55.2 cm³/mol. The number of aromatic hydroxyl groups is 1. The van der Waals surface area contributed by atoms with Crippen LogP contribution in [0.15, 0.2) is 18.2 Å². The van der Waals surface area contributed by atoms with Crippen LogP contribution in [0.5, 0.6) is 5.75 Å². The van der Waals surface area contributed by atoms with Crippen molar-refractivity contribution in [2.24, 2.45) is 11.1 Å². The van der Waals surface area contributed by atoms with Crippen LogP contribution in [-0.2, 0) is 12.8 Å². The van der Waals surface area contributed by atoms with Gasteiger partial charge >= 0.3 is 0 Å². The number of aryl methyl sites for hydroxylation is 1. The van der Waals surface area contributed by atoms with E-state index in [1.165, 1.54) is 12.0 Å². The molecule has 0 heterocycles. The summed E-state index contributed by atoms with van der Waals surface area (Å²) in [4.78, 5) is 0. The zero-order valence-electron chi connectivity index (χ0n) is 8.16. The van der Waals surface area contributed by atoms with E-state index in [1.807, 2.05) is 6.07 Å². The molecule has 3 rings (SSSR count). The molecular weight excluding hydrogens is 174 g/mol. The summed E-state index contributed by atoms with van der Waals surface area (Å²) in [5.74, 6) is 0.459. The van der Waals surface area contributed by atoms with E-state index in [0.717, 1.165) is 24.8 Å². The summed E-state index contributed by atoms with van der Waals surface area (Å²) in [5.41, 5.74) is 8.76. The van der Waals surface area contributed by atoms with Gasteiger partial charge in [0.2, 0.25) is 0 Å². The molecule has 74 valence electrons. The highest BCUT2D eigenvalue weighted by Crippen LogP contribution is 2.54. The monoisotopic (exact) mass is 189 g/mol. The average Bonchev–Trinajstić information content (AvgIpc) is 2.78. The number of hydrogen-bond acceptors (Lipinski definition) is 2. The van der Waals surface area contributed by atoms with Gasteiger partial charge in [0.15, 0.2) is 0 Å². The van der Waals surface area contributed by atoms with Gasteiger partial charge in [-0.05, 0) is 48.3 Å². The van der Waals surface area contributed by atoms with Gasteiger partial charge in [-0.15, -0.1) is 0 Å². The molecule has 0 amide bonds. The van der Waals surface area contributed by atoms with Gasteiger partial charge in [0.1, 0.15) is 5.75 Å². The van der Waals surface area contributed by atoms with E-state index in [-0.39, 0.29) is 0 Å². The SMILES string of the molecule is NC1CC12CCc1cccc(O)c1C2. The zero-order valence-corrected chi connectivity index (χ0v) is 8.16. The Balaban J connectivity index is 2.01. The van der Waals surface area contributed by atoms with Crippen molar-refractivity contribution in [1.82, 2.24) is 0 Å². The molecule has 3 N–H and O–H groups in total. The van der Waals surface area contributed by atoms with Crippen molar-refractivity contribution in [3.8, 4) is 5.75 Å². The topological polar surface area (TPSA) is 46.2 Å². The molecule has 2 aliphatic rings. The Labute approximate surface area is 83.7 Å². The minimum absolute atomic E-state index is 0.339. The number of phenolic OH excluding ortho intramolecular Hbond substituents is 1. The maximum Gasteiger partial charge on any atom is 0.119 e. The lowest BCUT2D eigenvalue weighted by molar-refractivity contribution is 0.398. The molecule has 0 saturated heterocycles. The summed E-state index contributed by atoms with van der Waals surface area (Å²) >= 11 is 0. The van der Waals surface area contributed by atoms with Crippen LogP contribution in [-0.4, -0.2) is 11.1 Å². The number of rotatable bonds is 0. The van der Waals surface area contributed by atoms with Crippen molar-refractivity contribution >= 4 is 0 Å². The smallest absolute Gasteiger partial charge is 0.119 e. The van der Waals surface area contributed by atoms with E-state index >= 15 is 0 Å². The molecule has 1 aromatic rings. The number of benzene rings is 1. The van der Waals surface area contributed by atoms with Gasteiger partial charge in [0.05, 0.1) is 0 Å². The van der Waals surface area contributed by atoms with E-state index < -0.39 is 0 Å². The van der Waals surface area contributed by atoms with Crippen LogP contribution in [0, 0.1) is 5.41 Å². The molecule has 0 aromatic heterocycles. The van der Waals surface area contributed by atoms with Crippen LogP contribution in [0.4, 0.5) is 0 Å². The lowest BCUT2D eigenvalue weighted by atomic mass is 9.80. The standard InChI is InChI=1S/C12H15NO/c13-11-7-12(11)5-4-8-2-1-3-10(14)9(8)6-12/h1-3,11,14H,4-7,13H2. The second-order valence-electron chi connectivity index (χ2n) is 4.76. The quantitative estimate of drug-likeness (QED) is 0.651. The van der Waals surface area contributed by atoms with Crippen molar-refractivity contribution in [1.29, 1.82) is 0 Å². The number of phenols is 1. The third-order valence-electron chi connectivity index (χ3n) is 3.92. The summed E-state index contributed by atoms with van der Waals surface area (Å²) in [7, 11) is 0. The fourth-order valence-electron chi connectivity index (χ4n) is 2.75. The largest absolute Gasteiger partial charge is 0.508 e. The average molecular weight is 189 g/mol. The second-order valence-corrected chi connectivity index (χ2v) is 4.76. The van der Waals surface area contributed by atoms with Gasteiger partial charge in [-0.25, -0.2) is 0 Å². The van der Waals surface area contributed by atoms with Crippen LogP contribution in [0.1, 0.15) is 24.0 Å². The minimum Gasteiger partial charge on any atom is -0.508 e. The fraction of sp³-hybridized carbons (Fsp3) is 0.500. The molecule has 0 radical (unpaired) electrons. The van der Waals surface area contributed by atoms with Crippen LogP contribution in [0.3, 0.4) is 0 Å².